The molecule has 0 aliphatic heterocycles. The number of pyridine rings is 1. The van der Waals surface area contributed by atoms with Crippen molar-refractivity contribution in [3.8, 4) is 0 Å². The van der Waals surface area contributed by atoms with Crippen LogP contribution in [-0.4, -0.2) is 16.8 Å². The van der Waals surface area contributed by atoms with Crippen LogP contribution in [0.1, 0.15) is 41.8 Å². The van der Waals surface area contributed by atoms with Gasteiger partial charge in [0.05, 0.1) is 18.4 Å². The molecule has 0 saturated heterocycles. The zero-order valence-electron chi connectivity index (χ0n) is 11.8. The molecular formula is C16H18N2O3. The number of rotatable bonds is 4. The Morgan fingerprint density at radius 2 is 2.00 bits per heavy atom. The van der Waals surface area contributed by atoms with Crippen molar-refractivity contribution < 1.29 is 13.9 Å². The van der Waals surface area contributed by atoms with Crippen LogP contribution in [0.15, 0.2) is 47.3 Å². The maximum atomic E-state index is 12.7. The molecule has 1 aliphatic rings. The quantitative estimate of drug-likeness (QED) is 0.641. The first kappa shape index (κ1) is 13.7. The predicted molar refractivity (Wildman–Crippen MR) is 76.2 cm³/mol. The van der Waals surface area contributed by atoms with Gasteiger partial charge in [0, 0.05) is 18.2 Å². The zero-order chi connectivity index (χ0) is 14.7. The highest BCUT2D eigenvalue weighted by Gasteiger charge is 2.28. The standard InChI is InChI=1S/C16H18N2O3/c19-16(13-7-9-17(20)10-8-13)18(14-4-1-2-5-14)12-15-6-3-11-21-15/h3,6-11,14H,1-2,4-5,12H2. The van der Waals surface area contributed by atoms with Crippen molar-refractivity contribution in [2.75, 3.05) is 0 Å². The van der Waals surface area contributed by atoms with Crippen molar-refractivity contribution in [3.63, 3.8) is 0 Å². The highest BCUT2D eigenvalue weighted by atomic mass is 16.5. The average molecular weight is 286 g/mol. The van der Waals surface area contributed by atoms with Crippen molar-refractivity contribution in [2.24, 2.45) is 0 Å². The van der Waals surface area contributed by atoms with Gasteiger partial charge in [-0.05, 0) is 25.0 Å². The van der Waals surface area contributed by atoms with E-state index in [1.807, 2.05) is 17.0 Å². The van der Waals surface area contributed by atoms with E-state index < -0.39 is 0 Å². The van der Waals surface area contributed by atoms with E-state index >= 15 is 0 Å². The lowest BCUT2D eigenvalue weighted by Gasteiger charge is -2.28. The van der Waals surface area contributed by atoms with Gasteiger partial charge in [0.25, 0.3) is 5.91 Å². The summed E-state index contributed by atoms with van der Waals surface area (Å²) in [5.41, 5.74) is 0.542. The molecule has 0 atom stereocenters. The molecule has 0 radical (unpaired) electrons. The molecule has 5 nitrogen and oxygen atoms in total. The number of nitrogens with zero attached hydrogens (tertiary/aromatic N) is 2. The maximum Gasteiger partial charge on any atom is 0.254 e. The van der Waals surface area contributed by atoms with Crippen molar-refractivity contribution in [1.82, 2.24) is 4.90 Å². The Morgan fingerprint density at radius 3 is 2.62 bits per heavy atom. The highest BCUT2D eigenvalue weighted by Crippen LogP contribution is 2.26. The molecule has 0 aromatic carbocycles. The topological polar surface area (TPSA) is 60.4 Å². The molecule has 5 heteroatoms. The number of hydrogen-bond donors (Lipinski definition) is 0. The third-order valence-electron chi connectivity index (χ3n) is 3.98. The average Bonchev–Trinajstić information content (AvgIpc) is 3.18. The van der Waals surface area contributed by atoms with Crippen LogP contribution in [0.5, 0.6) is 0 Å². The Kier molecular flexibility index (Phi) is 3.90. The second-order valence-electron chi connectivity index (χ2n) is 5.40. The van der Waals surface area contributed by atoms with E-state index in [-0.39, 0.29) is 11.9 Å². The third-order valence-corrected chi connectivity index (χ3v) is 3.98. The lowest BCUT2D eigenvalue weighted by atomic mass is 10.1. The normalized spacial score (nSPS) is 15.2. The number of aromatic nitrogens is 1. The minimum Gasteiger partial charge on any atom is -0.619 e. The first-order chi connectivity index (χ1) is 10.2. The van der Waals surface area contributed by atoms with Crippen LogP contribution in [0.4, 0.5) is 0 Å². The minimum atomic E-state index is -0.0427. The van der Waals surface area contributed by atoms with E-state index in [0.29, 0.717) is 16.8 Å². The van der Waals surface area contributed by atoms with E-state index in [0.717, 1.165) is 31.4 Å². The molecule has 1 fully saturated rings. The van der Waals surface area contributed by atoms with Gasteiger partial charge in [0.15, 0.2) is 12.4 Å². The van der Waals surface area contributed by atoms with Crippen LogP contribution >= 0.6 is 0 Å². The van der Waals surface area contributed by atoms with Crippen molar-refractivity contribution in [2.45, 2.75) is 38.3 Å². The van der Waals surface area contributed by atoms with Crippen molar-refractivity contribution in [1.29, 1.82) is 0 Å². The minimum absolute atomic E-state index is 0.0427. The van der Waals surface area contributed by atoms with E-state index in [4.69, 9.17) is 4.42 Å². The SMILES string of the molecule is O=C(c1cc[n+]([O-])cc1)N(Cc1ccco1)C1CCCC1. The summed E-state index contributed by atoms with van der Waals surface area (Å²) in [5.74, 6) is 0.740. The molecule has 3 rings (SSSR count). The van der Waals surface area contributed by atoms with Crippen LogP contribution in [0.2, 0.25) is 0 Å². The number of carbonyl (C=O) groups excluding carboxylic acids is 1. The van der Waals surface area contributed by atoms with Gasteiger partial charge in [-0.25, -0.2) is 0 Å². The Bertz CT molecular complexity index is 586. The Morgan fingerprint density at radius 1 is 1.29 bits per heavy atom. The predicted octanol–water partition coefficient (Wildman–Crippen LogP) is 2.50. The fraction of sp³-hybridized carbons (Fsp3) is 0.375. The van der Waals surface area contributed by atoms with Gasteiger partial charge in [-0.15, -0.1) is 0 Å². The van der Waals surface area contributed by atoms with Gasteiger partial charge in [0.1, 0.15) is 5.76 Å². The van der Waals surface area contributed by atoms with Crippen molar-refractivity contribution >= 4 is 5.91 Å². The summed E-state index contributed by atoms with van der Waals surface area (Å²) < 4.78 is 6.06. The van der Waals surface area contributed by atoms with Crippen LogP contribution < -0.4 is 4.73 Å². The lowest BCUT2D eigenvalue weighted by molar-refractivity contribution is -0.605. The highest BCUT2D eigenvalue weighted by molar-refractivity contribution is 5.94. The van der Waals surface area contributed by atoms with Gasteiger partial charge in [-0.2, -0.15) is 4.73 Å². The Balaban J connectivity index is 1.83. The van der Waals surface area contributed by atoms with Crippen LogP contribution in [0, 0.1) is 5.21 Å². The third kappa shape index (κ3) is 3.07. The fourth-order valence-corrected chi connectivity index (χ4v) is 2.87. The summed E-state index contributed by atoms with van der Waals surface area (Å²) in [6.45, 7) is 0.475. The van der Waals surface area contributed by atoms with Gasteiger partial charge >= 0.3 is 0 Å². The van der Waals surface area contributed by atoms with Crippen molar-refractivity contribution in [3.05, 3.63) is 59.5 Å². The number of carbonyl (C=O) groups is 1. The monoisotopic (exact) mass is 286 g/mol. The summed E-state index contributed by atoms with van der Waals surface area (Å²) in [6.07, 6.45) is 8.70. The molecule has 2 aromatic rings. The molecule has 0 bridgehead atoms. The molecule has 1 aliphatic carbocycles. The van der Waals surface area contributed by atoms with E-state index in [9.17, 15) is 10.0 Å². The van der Waals surface area contributed by atoms with Crippen LogP contribution in [-0.2, 0) is 6.54 Å². The first-order valence-electron chi connectivity index (χ1n) is 7.26. The van der Waals surface area contributed by atoms with Crippen LogP contribution in [0.3, 0.4) is 0 Å². The number of furan rings is 1. The second-order valence-corrected chi connectivity index (χ2v) is 5.40. The second kappa shape index (κ2) is 5.99. The number of hydrogen-bond acceptors (Lipinski definition) is 3. The van der Waals surface area contributed by atoms with Gasteiger partial charge < -0.3 is 14.5 Å². The summed E-state index contributed by atoms with van der Waals surface area (Å²) in [6, 6.07) is 7.10. The summed E-state index contributed by atoms with van der Waals surface area (Å²) in [4.78, 5) is 14.6. The molecular weight excluding hydrogens is 268 g/mol. The molecule has 110 valence electrons. The largest absolute Gasteiger partial charge is 0.619 e. The molecule has 1 saturated carbocycles. The summed E-state index contributed by atoms with van der Waals surface area (Å²) in [7, 11) is 0. The lowest BCUT2D eigenvalue weighted by Crippen LogP contribution is -2.38. The summed E-state index contributed by atoms with van der Waals surface area (Å²) >= 11 is 0. The summed E-state index contributed by atoms with van der Waals surface area (Å²) in [5, 5.41) is 11.1. The molecule has 1 amide bonds. The smallest absolute Gasteiger partial charge is 0.254 e. The first-order valence-corrected chi connectivity index (χ1v) is 7.26. The van der Waals surface area contributed by atoms with E-state index in [1.54, 1.807) is 18.4 Å². The molecule has 0 unspecified atom stereocenters. The number of amides is 1. The van der Waals surface area contributed by atoms with Gasteiger partial charge in [-0.3, -0.25) is 4.79 Å². The molecule has 0 spiro atoms. The molecule has 2 heterocycles. The van der Waals surface area contributed by atoms with Crippen LogP contribution in [0.25, 0.3) is 0 Å². The zero-order valence-corrected chi connectivity index (χ0v) is 11.8. The van der Waals surface area contributed by atoms with Gasteiger partial charge in [-0.1, -0.05) is 12.8 Å². The van der Waals surface area contributed by atoms with E-state index in [1.165, 1.54) is 12.4 Å². The van der Waals surface area contributed by atoms with Gasteiger partial charge in [0.2, 0.25) is 0 Å². The molecule has 2 aromatic heterocycles. The fourth-order valence-electron chi connectivity index (χ4n) is 2.87. The Hall–Kier alpha value is -2.30. The Labute approximate surface area is 123 Å². The molecule has 21 heavy (non-hydrogen) atoms. The van der Waals surface area contributed by atoms with E-state index in [2.05, 4.69) is 0 Å². The maximum absolute atomic E-state index is 12.7. The molecule has 0 N–H and O–H groups in total.